The molecule has 0 spiro atoms. The van der Waals surface area contributed by atoms with Crippen molar-refractivity contribution in [3.05, 3.63) is 42.1 Å². The van der Waals surface area contributed by atoms with Crippen LogP contribution in [0.5, 0.6) is 11.5 Å². The summed E-state index contributed by atoms with van der Waals surface area (Å²) < 4.78 is 15.6. The lowest BCUT2D eigenvalue weighted by Gasteiger charge is -2.10. The van der Waals surface area contributed by atoms with E-state index >= 15 is 0 Å². The Kier molecular flexibility index (Phi) is 4.36. The van der Waals surface area contributed by atoms with Gasteiger partial charge < -0.3 is 14.2 Å². The van der Waals surface area contributed by atoms with Crippen LogP contribution < -0.4 is 9.47 Å². The summed E-state index contributed by atoms with van der Waals surface area (Å²) in [5, 5.41) is 0. The summed E-state index contributed by atoms with van der Waals surface area (Å²) in [6, 6.07) is 11.6. The van der Waals surface area contributed by atoms with Gasteiger partial charge in [-0.2, -0.15) is 0 Å². The lowest BCUT2D eigenvalue weighted by Crippen LogP contribution is -1.95. The first-order valence-corrected chi connectivity index (χ1v) is 5.95. The van der Waals surface area contributed by atoms with Crippen LogP contribution in [0.1, 0.15) is 5.69 Å². The van der Waals surface area contributed by atoms with Gasteiger partial charge in [0.15, 0.2) is 11.5 Å². The van der Waals surface area contributed by atoms with Crippen molar-refractivity contribution >= 4 is 0 Å². The van der Waals surface area contributed by atoms with Crippen molar-refractivity contribution in [2.75, 3.05) is 21.3 Å². The molecule has 0 aliphatic carbocycles. The van der Waals surface area contributed by atoms with Crippen LogP contribution in [0.2, 0.25) is 0 Å². The van der Waals surface area contributed by atoms with E-state index in [9.17, 15) is 0 Å². The topological polar surface area (TPSA) is 40.6 Å². The maximum atomic E-state index is 5.30. The first-order valence-electron chi connectivity index (χ1n) is 5.95. The Bertz CT molecular complexity index is 555. The van der Waals surface area contributed by atoms with Crippen molar-refractivity contribution < 1.29 is 14.2 Å². The summed E-state index contributed by atoms with van der Waals surface area (Å²) in [6.45, 7) is 0.501. The molecule has 100 valence electrons. The summed E-state index contributed by atoms with van der Waals surface area (Å²) >= 11 is 0. The zero-order valence-corrected chi connectivity index (χ0v) is 11.3. The van der Waals surface area contributed by atoms with Crippen LogP contribution in [0.25, 0.3) is 11.3 Å². The van der Waals surface area contributed by atoms with E-state index in [1.54, 1.807) is 21.3 Å². The third-order valence-electron chi connectivity index (χ3n) is 2.78. The van der Waals surface area contributed by atoms with Crippen LogP contribution in [0.15, 0.2) is 36.4 Å². The zero-order chi connectivity index (χ0) is 13.7. The molecule has 0 radical (unpaired) electrons. The third kappa shape index (κ3) is 3.03. The third-order valence-corrected chi connectivity index (χ3v) is 2.78. The summed E-state index contributed by atoms with van der Waals surface area (Å²) in [4.78, 5) is 4.54. The lowest BCUT2D eigenvalue weighted by atomic mass is 10.1. The SMILES string of the molecule is COCc1cccc(-c2ccc(OC)c(OC)c2)n1. The van der Waals surface area contributed by atoms with Gasteiger partial charge in [0.25, 0.3) is 0 Å². The number of nitrogens with zero attached hydrogens (tertiary/aromatic N) is 1. The Labute approximate surface area is 113 Å². The van der Waals surface area contributed by atoms with Crippen molar-refractivity contribution in [1.29, 1.82) is 0 Å². The van der Waals surface area contributed by atoms with Crippen LogP contribution in [-0.4, -0.2) is 26.3 Å². The van der Waals surface area contributed by atoms with Crippen LogP contribution in [0.3, 0.4) is 0 Å². The van der Waals surface area contributed by atoms with Crippen LogP contribution >= 0.6 is 0 Å². The molecular weight excluding hydrogens is 242 g/mol. The Balaban J connectivity index is 2.38. The van der Waals surface area contributed by atoms with Gasteiger partial charge in [-0.15, -0.1) is 0 Å². The van der Waals surface area contributed by atoms with E-state index < -0.39 is 0 Å². The van der Waals surface area contributed by atoms with E-state index in [0.717, 1.165) is 17.0 Å². The average Bonchev–Trinajstić information content (AvgIpc) is 2.47. The number of ether oxygens (including phenoxy) is 3. The minimum absolute atomic E-state index is 0.501. The molecule has 0 fully saturated rings. The maximum Gasteiger partial charge on any atom is 0.161 e. The normalized spacial score (nSPS) is 10.3. The fraction of sp³-hybridized carbons (Fsp3) is 0.267. The summed E-state index contributed by atoms with van der Waals surface area (Å²) in [7, 11) is 4.90. The first kappa shape index (κ1) is 13.4. The first-order chi connectivity index (χ1) is 9.28. The van der Waals surface area contributed by atoms with E-state index in [-0.39, 0.29) is 0 Å². The van der Waals surface area contributed by atoms with E-state index in [1.807, 2.05) is 36.4 Å². The van der Waals surface area contributed by atoms with Gasteiger partial charge in [-0.25, -0.2) is 0 Å². The van der Waals surface area contributed by atoms with Crippen molar-refractivity contribution in [3.63, 3.8) is 0 Å². The monoisotopic (exact) mass is 259 g/mol. The fourth-order valence-corrected chi connectivity index (χ4v) is 1.86. The number of rotatable bonds is 5. The highest BCUT2D eigenvalue weighted by Gasteiger charge is 2.07. The molecule has 0 saturated carbocycles. The summed E-state index contributed by atoms with van der Waals surface area (Å²) in [6.07, 6.45) is 0. The Hall–Kier alpha value is -2.07. The highest BCUT2D eigenvalue weighted by Crippen LogP contribution is 2.31. The van der Waals surface area contributed by atoms with Crippen molar-refractivity contribution in [1.82, 2.24) is 4.98 Å². The number of hydrogen-bond acceptors (Lipinski definition) is 4. The summed E-state index contributed by atoms with van der Waals surface area (Å²) in [5.74, 6) is 1.40. The minimum atomic E-state index is 0.501. The molecule has 2 rings (SSSR count). The summed E-state index contributed by atoms with van der Waals surface area (Å²) in [5.41, 5.74) is 2.76. The molecule has 0 unspecified atom stereocenters. The zero-order valence-electron chi connectivity index (χ0n) is 11.3. The molecule has 0 amide bonds. The standard InChI is InChI=1S/C15H17NO3/c1-17-10-12-5-4-6-13(16-12)11-7-8-14(18-2)15(9-11)19-3/h4-9H,10H2,1-3H3. The predicted molar refractivity (Wildman–Crippen MR) is 73.5 cm³/mol. The quantitative estimate of drug-likeness (QED) is 0.827. The Morgan fingerprint density at radius 2 is 1.74 bits per heavy atom. The molecule has 1 aromatic heterocycles. The fourth-order valence-electron chi connectivity index (χ4n) is 1.86. The van der Waals surface area contributed by atoms with Gasteiger partial charge in [0, 0.05) is 12.7 Å². The van der Waals surface area contributed by atoms with Crippen molar-refractivity contribution in [2.45, 2.75) is 6.61 Å². The molecule has 0 atom stereocenters. The van der Waals surface area contributed by atoms with Gasteiger partial charge in [-0.1, -0.05) is 6.07 Å². The molecule has 19 heavy (non-hydrogen) atoms. The van der Waals surface area contributed by atoms with E-state index in [2.05, 4.69) is 4.98 Å². The number of methoxy groups -OCH3 is 3. The average molecular weight is 259 g/mol. The van der Waals surface area contributed by atoms with Gasteiger partial charge >= 0.3 is 0 Å². The second kappa shape index (κ2) is 6.20. The molecule has 0 saturated heterocycles. The Morgan fingerprint density at radius 1 is 0.947 bits per heavy atom. The number of pyridine rings is 1. The van der Waals surface area contributed by atoms with E-state index in [4.69, 9.17) is 14.2 Å². The second-order valence-electron chi connectivity index (χ2n) is 4.02. The molecule has 0 N–H and O–H groups in total. The van der Waals surface area contributed by atoms with Crippen molar-refractivity contribution in [3.8, 4) is 22.8 Å². The second-order valence-corrected chi connectivity index (χ2v) is 4.02. The highest BCUT2D eigenvalue weighted by molar-refractivity contribution is 5.64. The van der Waals surface area contributed by atoms with E-state index in [1.165, 1.54) is 0 Å². The van der Waals surface area contributed by atoms with Gasteiger partial charge in [-0.3, -0.25) is 4.98 Å². The van der Waals surface area contributed by atoms with Crippen LogP contribution in [0, 0.1) is 0 Å². The lowest BCUT2D eigenvalue weighted by molar-refractivity contribution is 0.181. The number of benzene rings is 1. The van der Waals surface area contributed by atoms with Gasteiger partial charge in [0.1, 0.15) is 0 Å². The molecule has 4 heteroatoms. The molecule has 2 aromatic rings. The smallest absolute Gasteiger partial charge is 0.161 e. The van der Waals surface area contributed by atoms with Gasteiger partial charge in [-0.05, 0) is 30.3 Å². The van der Waals surface area contributed by atoms with Crippen LogP contribution in [-0.2, 0) is 11.3 Å². The van der Waals surface area contributed by atoms with Gasteiger partial charge in [0.2, 0.25) is 0 Å². The predicted octanol–water partition coefficient (Wildman–Crippen LogP) is 2.91. The molecule has 0 aliphatic heterocycles. The Morgan fingerprint density at radius 3 is 2.42 bits per heavy atom. The van der Waals surface area contributed by atoms with Crippen LogP contribution in [0.4, 0.5) is 0 Å². The van der Waals surface area contributed by atoms with Gasteiger partial charge in [0.05, 0.1) is 32.2 Å². The van der Waals surface area contributed by atoms with E-state index in [0.29, 0.717) is 18.1 Å². The number of hydrogen-bond donors (Lipinski definition) is 0. The molecule has 1 aromatic carbocycles. The van der Waals surface area contributed by atoms with Crippen molar-refractivity contribution in [2.24, 2.45) is 0 Å². The molecule has 0 aliphatic rings. The highest BCUT2D eigenvalue weighted by atomic mass is 16.5. The molecule has 1 heterocycles. The minimum Gasteiger partial charge on any atom is -0.493 e. The number of aromatic nitrogens is 1. The molecular formula is C15H17NO3. The molecule has 0 bridgehead atoms. The molecule has 4 nitrogen and oxygen atoms in total. The maximum absolute atomic E-state index is 5.30. The largest absolute Gasteiger partial charge is 0.493 e.